The van der Waals surface area contributed by atoms with Gasteiger partial charge in [-0.15, -0.1) is 0 Å². The van der Waals surface area contributed by atoms with E-state index in [0.717, 1.165) is 5.56 Å². The molecule has 0 aliphatic carbocycles. The van der Waals surface area contributed by atoms with Crippen LogP contribution < -0.4 is 10.0 Å². The van der Waals surface area contributed by atoms with Gasteiger partial charge < -0.3 is 5.32 Å². The molecular formula is C20H16Cl2N2O3S. The van der Waals surface area contributed by atoms with Crippen LogP contribution >= 0.6 is 23.2 Å². The Morgan fingerprint density at radius 3 is 2.25 bits per heavy atom. The smallest absolute Gasteiger partial charge is 0.261 e. The summed E-state index contributed by atoms with van der Waals surface area (Å²) in [6, 6.07) is 17.5. The van der Waals surface area contributed by atoms with Crippen LogP contribution in [0.3, 0.4) is 0 Å². The van der Waals surface area contributed by atoms with E-state index in [1.165, 1.54) is 30.3 Å². The SMILES string of the molecule is Cc1ccc(S(=O)(=O)Nc2cccc(NC(=O)c3ccc(Cl)cc3Cl)c2)cc1. The van der Waals surface area contributed by atoms with Crippen LogP contribution in [0.25, 0.3) is 0 Å². The van der Waals surface area contributed by atoms with Crippen LogP contribution in [-0.2, 0) is 10.0 Å². The van der Waals surface area contributed by atoms with E-state index < -0.39 is 15.9 Å². The quantitative estimate of drug-likeness (QED) is 0.567. The third kappa shape index (κ3) is 4.84. The van der Waals surface area contributed by atoms with Gasteiger partial charge in [-0.25, -0.2) is 8.42 Å². The van der Waals surface area contributed by atoms with Gasteiger partial charge in [-0.3, -0.25) is 9.52 Å². The fraction of sp³-hybridized carbons (Fsp3) is 0.0500. The van der Waals surface area contributed by atoms with E-state index in [1.807, 2.05) is 6.92 Å². The van der Waals surface area contributed by atoms with Crippen LogP contribution in [0.1, 0.15) is 15.9 Å². The molecule has 0 spiro atoms. The third-order valence-electron chi connectivity index (χ3n) is 3.88. The number of carbonyl (C=O) groups excluding carboxylic acids is 1. The second kappa shape index (κ2) is 8.22. The summed E-state index contributed by atoms with van der Waals surface area (Å²) in [5, 5.41) is 3.34. The first-order valence-corrected chi connectivity index (χ1v) is 10.4. The minimum Gasteiger partial charge on any atom is -0.322 e. The molecule has 8 heteroatoms. The average Bonchev–Trinajstić information content (AvgIpc) is 2.61. The summed E-state index contributed by atoms with van der Waals surface area (Å²) in [5.41, 5.74) is 1.96. The molecule has 28 heavy (non-hydrogen) atoms. The van der Waals surface area contributed by atoms with E-state index in [-0.39, 0.29) is 15.5 Å². The maximum Gasteiger partial charge on any atom is 0.261 e. The van der Waals surface area contributed by atoms with Crippen molar-refractivity contribution >= 4 is 50.5 Å². The third-order valence-corrected chi connectivity index (χ3v) is 5.82. The first-order valence-electron chi connectivity index (χ1n) is 8.20. The van der Waals surface area contributed by atoms with Crippen LogP contribution in [0.15, 0.2) is 71.6 Å². The number of aryl methyl sites for hydroxylation is 1. The number of hydrogen-bond acceptors (Lipinski definition) is 3. The number of halogens is 2. The van der Waals surface area contributed by atoms with Gasteiger partial charge in [-0.05, 0) is 55.5 Å². The Labute approximate surface area is 173 Å². The van der Waals surface area contributed by atoms with Gasteiger partial charge in [-0.2, -0.15) is 0 Å². The van der Waals surface area contributed by atoms with Crippen LogP contribution in [0, 0.1) is 6.92 Å². The Bertz CT molecular complexity index is 1130. The van der Waals surface area contributed by atoms with Gasteiger partial charge in [0.1, 0.15) is 0 Å². The fourth-order valence-corrected chi connectivity index (χ4v) is 4.01. The Morgan fingerprint density at radius 2 is 1.57 bits per heavy atom. The summed E-state index contributed by atoms with van der Waals surface area (Å²) < 4.78 is 27.5. The molecule has 0 heterocycles. The van der Waals surface area contributed by atoms with E-state index in [1.54, 1.807) is 36.4 Å². The molecule has 0 radical (unpaired) electrons. The van der Waals surface area contributed by atoms with E-state index in [9.17, 15) is 13.2 Å². The summed E-state index contributed by atoms with van der Waals surface area (Å²) in [4.78, 5) is 12.6. The molecule has 0 bridgehead atoms. The number of rotatable bonds is 5. The summed E-state index contributed by atoms with van der Waals surface area (Å²) in [6.45, 7) is 1.88. The lowest BCUT2D eigenvalue weighted by molar-refractivity contribution is 0.102. The van der Waals surface area contributed by atoms with Crippen molar-refractivity contribution in [2.75, 3.05) is 10.0 Å². The number of nitrogens with one attached hydrogen (secondary N) is 2. The molecule has 3 aromatic carbocycles. The molecule has 0 atom stereocenters. The van der Waals surface area contributed by atoms with Crippen molar-refractivity contribution in [2.24, 2.45) is 0 Å². The van der Waals surface area contributed by atoms with Gasteiger partial charge in [0.25, 0.3) is 15.9 Å². The highest BCUT2D eigenvalue weighted by molar-refractivity contribution is 7.92. The summed E-state index contributed by atoms with van der Waals surface area (Å²) in [5.74, 6) is -0.430. The maximum absolute atomic E-state index is 12.5. The second-order valence-electron chi connectivity index (χ2n) is 6.08. The van der Waals surface area contributed by atoms with E-state index in [2.05, 4.69) is 10.0 Å². The summed E-state index contributed by atoms with van der Waals surface area (Å²) >= 11 is 11.9. The minimum atomic E-state index is -3.74. The monoisotopic (exact) mass is 434 g/mol. The first kappa shape index (κ1) is 20.2. The van der Waals surface area contributed by atoms with Crippen molar-refractivity contribution in [1.82, 2.24) is 0 Å². The van der Waals surface area contributed by atoms with Crippen molar-refractivity contribution in [2.45, 2.75) is 11.8 Å². The number of hydrogen-bond donors (Lipinski definition) is 2. The van der Waals surface area contributed by atoms with Crippen LogP contribution in [0.4, 0.5) is 11.4 Å². The molecule has 5 nitrogen and oxygen atoms in total. The lowest BCUT2D eigenvalue weighted by atomic mass is 10.2. The maximum atomic E-state index is 12.5. The molecule has 0 aromatic heterocycles. The molecule has 0 aliphatic rings. The lowest BCUT2D eigenvalue weighted by Gasteiger charge is -2.11. The topological polar surface area (TPSA) is 75.3 Å². The van der Waals surface area contributed by atoms with Gasteiger partial charge in [0.2, 0.25) is 0 Å². The minimum absolute atomic E-state index is 0.153. The summed E-state index contributed by atoms with van der Waals surface area (Å²) in [7, 11) is -3.74. The molecule has 0 saturated carbocycles. The van der Waals surface area contributed by atoms with Crippen molar-refractivity contribution in [3.8, 4) is 0 Å². The number of carbonyl (C=O) groups is 1. The second-order valence-corrected chi connectivity index (χ2v) is 8.60. The highest BCUT2D eigenvalue weighted by atomic mass is 35.5. The summed E-state index contributed by atoms with van der Waals surface area (Å²) in [6.07, 6.45) is 0. The Balaban J connectivity index is 1.78. The zero-order valence-corrected chi connectivity index (χ0v) is 17.1. The highest BCUT2D eigenvalue weighted by Gasteiger charge is 2.15. The van der Waals surface area contributed by atoms with Crippen molar-refractivity contribution in [1.29, 1.82) is 0 Å². The predicted molar refractivity (Wildman–Crippen MR) is 113 cm³/mol. The molecule has 0 fully saturated rings. The average molecular weight is 435 g/mol. The highest BCUT2D eigenvalue weighted by Crippen LogP contribution is 2.24. The molecule has 1 amide bonds. The first-order chi connectivity index (χ1) is 13.2. The van der Waals surface area contributed by atoms with Gasteiger partial charge in [0, 0.05) is 10.7 Å². The number of sulfonamides is 1. The van der Waals surface area contributed by atoms with E-state index >= 15 is 0 Å². The van der Waals surface area contributed by atoms with E-state index in [4.69, 9.17) is 23.2 Å². The Hall–Kier alpha value is -2.54. The molecule has 2 N–H and O–H groups in total. The molecular weight excluding hydrogens is 419 g/mol. The van der Waals surface area contributed by atoms with Crippen molar-refractivity contribution in [3.63, 3.8) is 0 Å². The van der Waals surface area contributed by atoms with E-state index in [0.29, 0.717) is 16.4 Å². The van der Waals surface area contributed by atoms with Crippen molar-refractivity contribution in [3.05, 3.63) is 87.9 Å². The zero-order chi connectivity index (χ0) is 20.3. The molecule has 0 saturated heterocycles. The number of amides is 1. The molecule has 3 rings (SSSR count). The normalized spacial score (nSPS) is 11.1. The number of benzene rings is 3. The van der Waals surface area contributed by atoms with Gasteiger partial charge in [0.05, 0.1) is 21.2 Å². The van der Waals surface area contributed by atoms with Crippen molar-refractivity contribution < 1.29 is 13.2 Å². The van der Waals surface area contributed by atoms with Crippen LogP contribution in [-0.4, -0.2) is 14.3 Å². The molecule has 144 valence electrons. The Kier molecular flexibility index (Phi) is 5.93. The standard InChI is InChI=1S/C20H16Cl2N2O3S/c1-13-5-8-17(9-6-13)28(26,27)24-16-4-2-3-15(12-16)23-20(25)18-10-7-14(21)11-19(18)22/h2-12,24H,1H3,(H,23,25). The molecule has 3 aromatic rings. The van der Waals surface area contributed by atoms with Crippen LogP contribution in [0.2, 0.25) is 10.0 Å². The molecule has 0 unspecified atom stereocenters. The molecule has 0 aliphatic heterocycles. The lowest BCUT2D eigenvalue weighted by Crippen LogP contribution is -2.14. The Morgan fingerprint density at radius 1 is 0.893 bits per heavy atom. The van der Waals surface area contributed by atoms with Gasteiger partial charge in [0.15, 0.2) is 0 Å². The zero-order valence-electron chi connectivity index (χ0n) is 14.7. The van der Waals surface area contributed by atoms with Crippen LogP contribution in [0.5, 0.6) is 0 Å². The van der Waals surface area contributed by atoms with Gasteiger partial charge in [-0.1, -0.05) is 47.0 Å². The fourth-order valence-electron chi connectivity index (χ4n) is 2.46. The predicted octanol–water partition coefficient (Wildman–Crippen LogP) is 5.35. The number of anilines is 2. The largest absolute Gasteiger partial charge is 0.322 e. The van der Waals surface area contributed by atoms with Gasteiger partial charge >= 0.3 is 0 Å².